The smallest absolute Gasteiger partial charge is 0.251 e. The lowest BCUT2D eigenvalue weighted by Gasteiger charge is -2.31. The van der Waals surface area contributed by atoms with E-state index in [0.29, 0.717) is 12.2 Å². The standard InChI is InChI=1S/C22H28N2O3/c1-17-3-7-19(8-4-17)21(15-24-11-13-27-14-12-24)23-22(25)20-9-5-18(6-10-20)16-26-2/h3-10,21H,11-16H2,1-2H3,(H,23,25)/t21-/m0/s1. The fraction of sp³-hybridized carbons (Fsp3) is 0.409. The van der Waals surface area contributed by atoms with Crippen molar-refractivity contribution < 1.29 is 14.3 Å². The number of nitrogens with zero attached hydrogens (tertiary/aromatic N) is 1. The van der Waals surface area contributed by atoms with Crippen LogP contribution in [0, 0.1) is 6.92 Å². The summed E-state index contributed by atoms with van der Waals surface area (Å²) in [5.74, 6) is -0.0576. The summed E-state index contributed by atoms with van der Waals surface area (Å²) < 4.78 is 10.6. The first kappa shape index (κ1) is 19.5. The first-order valence-corrected chi connectivity index (χ1v) is 9.41. The van der Waals surface area contributed by atoms with Crippen LogP contribution in [0.1, 0.15) is 33.1 Å². The third kappa shape index (κ3) is 5.63. The van der Waals surface area contributed by atoms with Crippen molar-refractivity contribution in [2.24, 2.45) is 0 Å². The Morgan fingerprint density at radius 3 is 2.41 bits per heavy atom. The lowest BCUT2D eigenvalue weighted by atomic mass is 10.0. The molecular formula is C22H28N2O3. The predicted molar refractivity (Wildman–Crippen MR) is 106 cm³/mol. The van der Waals surface area contributed by atoms with Gasteiger partial charge in [0, 0.05) is 32.3 Å². The minimum Gasteiger partial charge on any atom is -0.380 e. The van der Waals surface area contributed by atoms with Crippen LogP contribution in [-0.2, 0) is 16.1 Å². The highest BCUT2D eigenvalue weighted by atomic mass is 16.5. The number of benzene rings is 2. The van der Waals surface area contributed by atoms with Crippen LogP contribution in [0.4, 0.5) is 0 Å². The minimum atomic E-state index is -0.0603. The van der Waals surface area contributed by atoms with E-state index in [-0.39, 0.29) is 11.9 Å². The van der Waals surface area contributed by atoms with E-state index in [0.717, 1.165) is 44.0 Å². The number of hydrogen-bond acceptors (Lipinski definition) is 4. The Bertz CT molecular complexity index is 722. The van der Waals surface area contributed by atoms with Gasteiger partial charge in [-0.25, -0.2) is 0 Å². The average molecular weight is 368 g/mol. The topological polar surface area (TPSA) is 50.8 Å². The van der Waals surface area contributed by atoms with Gasteiger partial charge in [0.25, 0.3) is 5.91 Å². The van der Waals surface area contributed by atoms with Gasteiger partial charge in [-0.2, -0.15) is 0 Å². The van der Waals surface area contributed by atoms with Gasteiger partial charge >= 0.3 is 0 Å². The van der Waals surface area contributed by atoms with E-state index in [1.807, 2.05) is 24.3 Å². The van der Waals surface area contributed by atoms with Crippen molar-refractivity contribution in [3.05, 3.63) is 70.8 Å². The second kappa shape index (κ2) is 9.65. The predicted octanol–water partition coefficient (Wildman–Crippen LogP) is 2.94. The van der Waals surface area contributed by atoms with E-state index < -0.39 is 0 Å². The zero-order valence-corrected chi connectivity index (χ0v) is 16.1. The fourth-order valence-corrected chi connectivity index (χ4v) is 3.24. The molecule has 3 rings (SSSR count). The lowest BCUT2D eigenvalue weighted by molar-refractivity contribution is 0.0332. The van der Waals surface area contributed by atoms with Gasteiger partial charge in [-0.1, -0.05) is 42.0 Å². The number of carbonyl (C=O) groups excluding carboxylic acids is 1. The number of morpholine rings is 1. The van der Waals surface area contributed by atoms with Crippen LogP contribution < -0.4 is 5.32 Å². The highest BCUT2D eigenvalue weighted by Gasteiger charge is 2.20. The average Bonchev–Trinajstić information content (AvgIpc) is 2.70. The number of aryl methyl sites for hydroxylation is 1. The van der Waals surface area contributed by atoms with Gasteiger partial charge in [0.2, 0.25) is 0 Å². The van der Waals surface area contributed by atoms with Crippen molar-refractivity contribution in [2.45, 2.75) is 19.6 Å². The molecule has 1 saturated heterocycles. The third-order valence-electron chi connectivity index (χ3n) is 4.86. The summed E-state index contributed by atoms with van der Waals surface area (Å²) in [4.78, 5) is 15.2. The van der Waals surface area contributed by atoms with Crippen LogP contribution in [0.5, 0.6) is 0 Å². The third-order valence-corrected chi connectivity index (χ3v) is 4.86. The SMILES string of the molecule is COCc1ccc(C(=O)N[C@@H](CN2CCOCC2)c2ccc(C)cc2)cc1. The van der Waals surface area contributed by atoms with E-state index in [1.54, 1.807) is 7.11 Å². The van der Waals surface area contributed by atoms with E-state index in [9.17, 15) is 4.79 Å². The molecule has 5 nitrogen and oxygen atoms in total. The van der Waals surface area contributed by atoms with Gasteiger partial charge in [0.15, 0.2) is 0 Å². The zero-order valence-electron chi connectivity index (χ0n) is 16.1. The maximum absolute atomic E-state index is 12.8. The largest absolute Gasteiger partial charge is 0.380 e. The molecule has 0 radical (unpaired) electrons. The normalized spacial score (nSPS) is 16.1. The molecule has 2 aromatic carbocycles. The van der Waals surface area contributed by atoms with Crippen LogP contribution in [-0.4, -0.2) is 50.8 Å². The summed E-state index contributed by atoms with van der Waals surface area (Å²) in [6, 6.07) is 15.9. The molecule has 0 spiro atoms. The molecule has 27 heavy (non-hydrogen) atoms. The van der Waals surface area contributed by atoms with Gasteiger partial charge in [-0.15, -0.1) is 0 Å². The minimum absolute atomic E-state index is 0.0576. The Labute approximate surface area is 161 Å². The Kier molecular flexibility index (Phi) is 6.98. The van der Waals surface area contributed by atoms with Gasteiger partial charge in [0.05, 0.1) is 25.9 Å². The second-order valence-corrected chi connectivity index (χ2v) is 6.98. The molecule has 1 fully saturated rings. The highest BCUT2D eigenvalue weighted by Crippen LogP contribution is 2.17. The summed E-state index contributed by atoms with van der Waals surface area (Å²) in [5, 5.41) is 3.22. The van der Waals surface area contributed by atoms with Crippen molar-refractivity contribution in [2.75, 3.05) is 40.0 Å². The molecule has 0 aliphatic carbocycles. The Hall–Kier alpha value is -2.21. The molecule has 1 heterocycles. The summed E-state index contributed by atoms with van der Waals surface area (Å²) in [6.07, 6.45) is 0. The van der Waals surface area contributed by atoms with Crippen molar-refractivity contribution in [1.82, 2.24) is 10.2 Å². The van der Waals surface area contributed by atoms with Crippen molar-refractivity contribution in [1.29, 1.82) is 0 Å². The second-order valence-electron chi connectivity index (χ2n) is 6.98. The molecule has 0 bridgehead atoms. The Balaban J connectivity index is 1.72. The van der Waals surface area contributed by atoms with Crippen LogP contribution in [0.15, 0.2) is 48.5 Å². The first-order valence-electron chi connectivity index (χ1n) is 9.41. The molecule has 0 saturated carbocycles. The van der Waals surface area contributed by atoms with Crippen LogP contribution >= 0.6 is 0 Å². The summed E-state index contributed by atoms with van der Waals surface area (Å²) in [5.41, 5.74) is 4.05. The molecule has 0 unspecified atom stereocenters. The van der Waals surface area contributed by atoms with Crippen molar-refractivity contribution in [3.63, 3.8) is 0 Å². The molecule has 1 aliphatic heterocycles. The van der Waals surface area contributed by atoms with Gasteiger partial charge in [0.1, 0.15) is 0 Å². The molecule has 1 N–H and O–H groups in total. The van der Waals surface area contributed by atoms with Gasteiger partial charge in [-0.05, 0) is 30.2 Å². The summed E-state index contributed by atoms with van der Waals surface area (Å²) >= 11 is 0. The maximum Gasteiger partial charge on any atom is 0.251 e. The molecule has 0 aromatic heterocycles. The van der Waals surface area contributed by atoms with Crippen molar-refractivity contribution in [3.8, 4) is 0 Å². The number of nitrogens with one attached hydrogen (secondary N) is 1. The van der Waals surface area contributed by atoms with E-state index in [4.69, 9.17) is 9.47 Å². The number of amides is 1. The Morgan fingerprint density at radius 2 is 1.78 bits per heavy atom. The number of ether oxygens (including phenoxy) is 2. The summed E-state index contributed by atoms with van der Waals surface area (Å²) in [6.45, 7) is 6.67. The quantitative estimate of drug-likeness (QED) is 0.816. The van der Waals surface area contributed by atoms with E-state index in [1.165, 1.54) is 5.56 Å². The van der Waals surface area contributed by atoms with E-state index in [2.05, 4.69) is 41.4 Å². The van der Waals surface area contributed by atoms with Crippen molar-refractivity contribution >= 4 is 5.91 Å². The lowest BCUT2D eigenvalue weighted by Crippen LogP contribution is -2.43. The number of rotatable bonds is 7. The molecule has 1 atom stereocenters. The van der Waals surface area contributed by atoms with Crippen LogP contribution in [0.25, 0.3) is 0 Å². The Morgan fingerprint density at radius 1 is 1.11 bits per heavy atom. The maximum atomic E-state index is 12.8. The number of methoxy groups -OCH3 is 1. The van der Waals surface area contributed by atoms with Crippen LogP contribution in [0.2, 0.25) is 0 Å². The molecule has 2 aromatic rings. The zero-order chi connectivity index (χ0) is 19.1. The number of hydrogen-bond donors (Lipinski definition) is 1. The first-order chi connectivity index (χ1) is 13.2. The van der Waals surface area contributed by atoms with Gasteiger partial charge in [-0.3, -0.25) is 9.69 Å². The molecule has 1 amide bonds. The number of carbonyl (C=O) groups is 1. The van der Waals surface area contributed by atoms with Crippen LogP contribution in [0.3, 0.4) is 0 Å². The fourth-order valence-electron chi connectivity index (χ4n) is 3.24. The molecule has 1 aliphatic rings. The molecular weight excluding hydrogens is 340 g/mol. The highest BCUT2D eigenvalue weighted by molar-refractivity contribution is 5.94. The molecule has 5 heteroatoms. The molecule has 144 valence electrons. The monoisotopic (exact) mass is 368 g/mol. The van der Waals surface area contributed by atoms with E-state index >= 15 is 0 Å². The van der Waals surface area contributed by atoms with Gasteiger partial charge < -0.3 is 14.8 Å². The summed E-state index contributed by atoms with van der Waals surface area (Å²) in [7, 11) is 1.67.